The summed E-state index contributed by atoms with van der Waals surface area (Å²) >= 11 is 0. The molecule has 0 heterocycles. The molecule has 94 valence electrons. The SMILES string of the molecule is CC(C)(CO)c1ccccc1C1CCCCC1. The van der Waals surface area contributed by atoms with Gasteiger partial charge in [-0.1, -0.05) is 57.4 Å². The van der Waals surface area contributed by atoms with Crippen LogP contribution in [-0.4, -0.2) is 11.7 Å². The normalized spacial score (nSPS) is 18.3. The summed E-state index contributed by atoms with van der Waals surface area (Å²) in [6, 6.07) is 8.70. The van der Waals surface area contributed by atoms with E-state index in [4.69, 9.17) is 0 Å². The lowest BCUT2D eigenvalue weighted by Gasteiger charge is -2.30. The van der Waals surface area contributed by atoms with Crippen molar-refractivity contribution in [3.05, 3.63) is 35.4 Å². The highest BCUT2D eigenvalue weighted by Gasteiger charge is 2.26. The van der Waals surface area contributed by atoms with E-state index in [0.29, 0.717) is 5.92 Å². The molecule has 2 rings (SSSR count). The Balaban J connectivity index is 2.33. The number of hydrogen-bond donors (Lipinski definition) is 1. The summed E-state index contributed by atoms with van der Waals surface area (Å²) in [4.78, 5) is 0. The predicted molar refractivity (Wildman–Crippen MR) is 72.4 cm³/mol. The van der Waals surface area contributed by atoms with Crippen molar-refractivity contribution in [3.8, 4) is 0 Å². The minimum Gasteiger partial charge on any atom is -0.395 e. The lowest BCUT2D eigenvalue weighted by molar-refractivity contribution is 0.217. The molecule has 0 amide bonds. The molecular weight excluding hydrogens is 208 g/mol. The van der Waals surface area contributed by atoms with E-state index in [1.807, 2.05) is 0 Å². The third-order valence-corrected chi connectivity index (χ3v) is 4.13. The van der Waals surface area contributed by atoms with Crippen LogP contribution >= 0.6 is 0 Å². The maximum Gasteiger partial charge on any atom is 0.0522 e. The van der Waals surface area contributed by atoms with Gasteiger partial charge in [-0.25, -0.2) is 0 Å². The molecule has 0 unspecified atom stereocenters. The molecule has 0 radical (unpaired) electrons. The second-order valence-electron chi connectivity index (χ2n) is 5.96. The first-order chi connectivity index (χ1) is 8.15. The molecule has 0 spiro atoms. The van der Waals surface area contributed by atoms with E-state index in [2.05, 4.69) is 38.1 Å². The molecule has 1 aromatic carbocycles. The van der Waals surface area contributed by atoms with Crippen molar-refractivity contribution in [2.75, 3.05) is 6.61 Å². The first-order valence-electron chi connectivity index (χ1n) is 6.85. The topological polar surface area (TPSA) is 20.2 Å². The van der Waals surface area contributed by atoms with Gasteiger partial charge in [-0.05, 0) is 29.9 Å². The number of hydrogen-bond acceptors (Lipinski definition) is 1. The molecule has 1 heteroatoms. The van der Waals surface area contributed by atoms with Crippen LogP contribution in [0, 0.1) is 0 Å². The molecule has 1 aliphatic rings. The number of aliphatic hydroxyl groups is 1. The molecule has 1 saturated carbocycles. The van der Waals surface area contributed by atoms with Gasteiger partial charge >= 0.3 is 0 Å². The van der Waals surface area contributed by atoms with Crippen molar-refractivity contribution in [1.29, 1.82) is 0 Å². The van der Waals surface area contributed by atoms with Crippen LogP contribution in [0.5, 0.6) is 0 Å². The fourth-order valence-electron chi connectivity index (χ4n) is 2.97. The molecule has 0 atom stereocenters. The molecule has 0 saturated heterocycles. The zero-order valence-electron chi connectivity index (χ0n) is 11.1. The Morgan fingerprint density at radius 3 is 2.41 bits per heavy atom. The van der Waals surface area contributed by atoms with Crippen molar-refractivity contribution in [2.45, 2.75) is 57.3 Å². The molecule has 1 nitrogen and oxygen atoms in total. The van der Waals surface area contributed by atoms with Crippen molar-refractivity contribution < 1.29 is 5.11 Å². The van der Waals surface area contributed by atoms with Crippen molar-refractivity contribution >= 4 is 0 Å². The molecule has 0 bridgehead atoms. The molecule has 1 aliphatic carbocycles. The van der Waals surface area contributed by atoms with E-state index in [-0.39, 0.29) is 12.0 Å². The Kier molecular flexibility index (Phi) is 3.88. The smallest absolute Gasteiger partial charge is 0.0522 e. The van der Waals surface area contributed by atoms with E-state index >= 15 is 0 Å². The third kappa shape index (κ3) is 2.71. The first kappa shape index (κ1) is 12.6. The molecular formula is C16H24O. The standard InChI is InChI=1S/C16H24O/c1-16(2,12-17)15-11-7-6-10-14(15)13-8-4-3-5-9-13/h6-7,10-11,13,17H,3-5,8-9,12H2,1-2H3. The summed E-state index contributed by atoms with van der Waals surface area (Å²) in [7, 11) is 0. The summed E-state index contributed by atoms with van der Waals surface area (Å²) in [6.07, 6.45) is 6.75. The minimum absolute atomic E-state index is 0.117. The fourth-order valence-corrected chi connectivity index (χ4v) is 2.97. The van der Waals surface area contributed by atoms with Gasteiger partial charge in [0.05, 0.1) is 6.61 Å². The second-order valence-corrected chi connectivity index (χ2v) is 5.96. The molecule has 17 heavy (non-hydrogen) atoms. The van der Waals surface area contributed by atoms with Crippen molar-refractivity contribution in [2.24, 2.45) is 0 Å². The van der Waals surface area contributed by atoms with E-state index in [9.17, 15) is 5.11 Å². The number of aliphatic hydroxyl groups excluding tert-OH is 1. The van der Waals surface area contributed by atoms with Crippen molar-refractivity contribution in [1.82, 2.24) is 0 Å². The van der Waals surface area contributed by atoms with E-state index in [1.165, 1.54) is 43.2 Å². The summed E-state index contributed by atoms with van der Waals surface area (Å²) in [6.45, 7) is 4.49. The Bertz CT molecular complexity index is 362. The van der Waals surface area contributed by atoms with Gasteiger partial charge in [0.15, 0.2) is 0 Å². The highest BCUT2D eigenvalue weighted by Crippen LogP contribution is 2.38. The van der Waals surface area contributed by atoms with E-state index < -0.39 is 0 Å². The molecule has 0 aromatic heterocycles. The van der Waals surface area contributed by atoms with Gasteiger partial charge in [0.25, 0.3) is 0 Å². The lowest BCUT2D eigenvalue weighted by Crippen LogP contribution is -2.25. The summed E-state index contributed by atoms with van der Waals surface area (Å²) in [5.74, 6) is 0.714. The average Bonchev–Trinajstić information content (AvgIpc) is 2.40. The Morgan fingerprint density at radius 1 is 1.12 bits per heavy atom. The van der Waals surface area contributed by atoms with Crippen LogP contribution in [0.2, 0.25) is 0 Å². The average molecular weight is 232 g/mol. The second kappa shape index (κ2) is 5.22. The Morgan fingerprint density at radius 2 is 1.76 bits per heavy atom. The van der Waals surface area contributed by atoms with Gasteiger partial charge in [0, 0.05) is 5.41 Å². The van der Waals surface area contributed by atoms with Gasteiger partial charge in [-0.3, -0.25) is 0 Å². The first-order valence-corrected chi connectivity index (χ1v) is 6.85. The van der Waals surface area contributed by atoms with Crippen LogP contribution in [0.15, 0.2) is 24.3 Å². The Hall–Kier alpha value is -0.820. The fraction of sp³-hybridized carbons (Fsp3) is 0.625. The monoisotopic (exact) mass is 232 g/mol. The number of benzene rings is 1. The van der Waals surface area contributed by atoms with Gasteiger partial charge in [-0.15, -0.1) is 0 Å². The van der Waals surface area contributed by atoms with Crippen LogP contribution in [0.4, 0.5) is 0 Å². The van der Waals surface area contributed by atoms with Crippen molar-refractivity contribution in [3.63, 3.8) is 0 Å². The van der Waals surface area contributed by atoms with Gasteiger partial charge in [0.1, 0.15) is 0 Å². The maximum atomic E-state index is 9.57. The largest absolute Gasteiger partial charge is 0.395 e. The van der Waals surface area contributed by atoms with Crippen LogP contribution in [0.3, 0.4) is 0 Å². The molecule has 1 aromatic rings. The Labute approximate surface area is 105 Å². The summed E-state index contributed by atoms with van der Waals surface area (Å²) < 4.78 is 0. The van der Waals surface area contributed by atoms with E-state index in [0.717, 1.165) is 0 Å². The lowest BCUT2D eigenvalue weighted by atomic mass is 9.75. The van der Waals surface area contributed by atoms with Crippen LogP contribution in [-0.2, 0) is 5.41 Å². The van der Waals surface area contributed by atoms with Gasteiger partial charge in [0.2, 0.25) is 0 Å². The van der Waals surface area contributed by atoms with Gasteiger partial charge < -0.3 is 5.11 Å². The molecule has 1 fully saturated rings. The zero-order valence-corrected chi connectivity index (χ0v) is 11.1. The predicted octanol–water partition coefficient (Wildman–Crippen LogP) is 4.00. The maximum absolute atomic E-state index is 9.57. The van der Waals surface area contributed by atoms with Crippen LogP contribution < -0.4 is 0 Å². The van der Waals surface area contributed by atoms with Crippen LogP contribution in [0.1, 0.15) is 63.0 Å². The minimum atomic E-state index is -0.117. The zero-order chi connectivity index (χ0) is 12.3. The summed E-state index contributed by atoms with van der Waals surface area (Å²) in [5, 5.41) is 9.57. The van der Waals surface area contributed by atoms with Crippen LogP contribution in [0.25, 0.3) is 0 Å². The summed E-state index contributed by atoms with van der Waals surface area (Å²) in [5.41, 5.74) is 2.70. The highest BCUT2D eigenvalue weighted by molar-refractivity contribution is 5.36. The highest BCUT2D eigenvalue weighted by atomic mass is 16.3. The quantitative estimate of drug-likeness (QED) is 0.835. The number of rotatable bonds is 3. The molecule has 0 aliphatic heterocycles. The van der Waals surface area contributed by atoms with Gasteiger partial charge in [-0.2, -0.15) is 0 Å². The third-order valence-electron chi connectivity index (χ3n) is 4.13. The van der Waals surface area contributed by atoms with E-state index in [1.54, 1.807) is 0 Å². The molecule has 1 N–H and O–H groups in total.